The van der Waals surface area contributed by atoms with Gasteiger partial charge in [-0.1, -0.05) is 12.1 Å². The Morgan fingerprint density at radius 2 is 2.16 bits per heavy atom. The third-order valence-corrected chi connectivity index (χ3v) is 3.74. The molecule has 1 atom stereocenters. The maximum absolute atomic E-state index is 13.2. The number of aromatic nitrogens is 4. The van der Waals surface area contributed by atoms with E-state index in [-0.39, 0.29) is 12.5 Å². The first kappa shape index (κ1) is 16.7. The van der Waals surface area contributed by atoms with Gasteiger partial charge in [0.1, 0.15) is 12.1 Å². The van der Waals surface area contributed by atoms with E-state index in [1.54, 1.807) is 24.3 Å². The number of hydrogen-bond acceptors (Lipinski definition) is 5. The number of amides is 1. The molecule has 25 heavy (non-hydrogen) atoms. The van der Waals surface area contributed by atoms with E-state index in [2.05, 4.69) is 20.8 Å². The number of halogens is 1. The van der Waals surface area contributed by atoms with Gasteiger partial charge in [-0.05, 0) is 58.8 Å². The van der Waals surface area contributed by atoms with Crippen LogP contribution in [0.3, 0.4) is 0 Å². The van der Waals surface area contributed by atoms with E-state index in [4.69, 9.17) is 0 Å². The van der Waals surface area contributed by atoms with Crippen LogP contribution in [-0.2, 0) is 0 Å². The molecule has 0 spiro atoms. The second-order valence-electron chi connectivity index (χ2n) is 5.54. The normalized spacial score (nSPS) is 12.0. The number of hydrogen-bond donors (Lipinski definition) is 2. The lowest BCUT2D eigenvalue weighted by molar-refractivity contribution is 0.0916. The van der Waals surface area contributed by atoms with Crippen LogP contribution in [0, 0.1) is 12.7 Å². The molecule has 128 valence electrons. The maximum atomic E-state index is 13.2. The minimum absolute atomic E-state index is 0.0178. The van der Waals surface area contributed by atoms with E-state index in [0.717, 1.165) is 11.3 Å². The van der Waals surface area contributed by atoms with Crippen LogP contribution < -0.4 is 5.32 Å². The molecule has 1 aromatic heterocycles. The summed E-state index contributed by atoms with van der Waals surface area (Å²) in [6, 6.07) is 10.7. The van der Waals surface area contributed by atoms with Crippen molar-refractivity contribution < 1.29 is 14.3 Å². The molecule has 0 aliphatic heterocycles. The van der Waals surface area contributed by atoms with Crippen molar-refractivity contribution in [3.05, 3.63) is 71.3 Å². The van der Waals surface area contributed by atoms with Crippen LogP contribution in [-0.4, -0.2) is 37.8 Å². The van der Waals surface area contributed by atoms with Gasteiger partial charge >= 0.3 is 0 Å². The van der Waals surface area contributed by atoms with Crippen LogP contribution in [0.2, 0.25) is 0 Å². The highest BCUT2D eigenvalue weighted by Gasteiger charge is 2.13. The van der Waals surface area contributed by atoms with Gasteiger partial charge in [-0.25, -0.2) is 9.07 Å². The van der Waals surface area contributed by atoms with Gasteiger partial charge in [-0.3, -0.25) is 4.79 Å². The topological polar surface area (TPSA) is 92.9 Å². The number of aliphatic hydroxyl groups excluding tert-OH is 1. The van der Waals surface area contributed by atoms with Gasteiger partial charge in [0.05, 0.1) is 11.8 Å². The van der Waals surface area contributed by atoms with Crippen LogP contribution in [0.4, 0.5) is 4.39 Å². The average molecular weight is 341 g/mol. The molecule has 1 heterocycles. The average Bonchev–Trinajstić information content (AvgIpc) is 3.13. The molecule has 8 heteroatoms. The summed E-state index contributed by atoms with van der Waals surface area (Å²) in [4.78, 5) is 12.3. The largest absolute Gasteiger partial charge is 0.387 e. The van der Waals surface area contributed by atoms with Crippen molar-refractivity contribution in [1.82, 2.24) is 25.5 Å². The molecular formula is C17H16FN5O2. The molecule has 2 N–H and O–H groups in total. The number of nitrogens with zero attached hydrogens (tertiary/aromatic N) is 4. The molecule has 2 aromatic carbocycles. The van der Waals surface area contributed by atoms with E-state index in [1.165, 1.54) is 29.2 Å². The fraction of sp³-hybridized carbons (Fsp3) is 0.176. The molecule has 3 rings (SSSR count). The zero-order chi connectivity index (χ0) is 17.8. The van der Waals surface area contributed by atoms with E-state index in [9.17, 15) is 14.3 Å². The molecule has 0 bridgehead atoms. The van der Waals surface area contributed by atoms with Crippen LogP contribution in [0.1, 0.15) is 27.6 Å². The van der Waals surface area contributed by atoms with Gasteiger partial charge in [0.15, 0.2) is 0 Å². The number of carbonyl (C=O) groups is 1. The first-order chi connectivity index (χ1) is 12.0. The fourth-order valence-corrected chi connectivity index (χ4v) is 2.45. The Hall–Kier alpha value is -3.13. The smallest absolute Gasteiger partial charge is 0.251 e. The lowest BCUT2D eigenvalue weighted by atomic mass is 10.1. The quantitative estimate of drug-likeness (QED) is 0.735. The van der Waals surface area contributed by atoms with Crippen molar-refractivity contribution in [3.63, 3.8) is 0 Å². The first-order valence-corrected chi connectivity index (χ1v) is 7.60. The van der Waals surface area contributed by atoms with E-state index in [0.29, 0.717) is 11.1 Å². The Morgan fingerprint density at radius 1 is 1.32 bits per heavy atom. The molecule has 0 aliphatic carbocycles. The van der Waals surface area contributed by atoms with Crippen LogP contribution in [0.15, 0.2) is 48.8 Å². The Labute approximate surface area is 143 Å². The van der Waals surface area contributed by atoms with Crippen molar-refractivity contribution in [2.24, 2.45) is 0 Å². The summed E-state index contributed by atoms with van der Waals surface area (Å²) in [5, 5.41) is 23.7. The Kier molecular flexibility index (Phi) is 4.80. The third kappa shape index (κ3) is 3.86. The van der Waals surface area contributed by atoms with Crippen LogP contribution >= 0.6 is 0 Å². The van der Waals surface area contributed by atoms with Gasteiger partial charge in [0, 0.05) is 12.1 Å². The molecule has 0 saturated heterocycles. The summed E-state index contributed by atoms with van der Waals surface area (Å²) < 4.78 is 14.7. The second kappa shape index (κ2) is 7.18. The second-order valence-corrected chi connectivity index (χ2v) is 5.54. The molecule has 1 amide bonds. The Balaban J connectivity index is 1.66. The van der Waals surface area contributed by atoms with Gasteiger partial charge in [0.2, 0.25) is 0 Å². The molecule has 0 fully saturated rings. The summed E-state index contributed by atoms with van der Waals surface area (Å²) in [7, 11) is 0. The number of rotatable bonds is 5. The third-order valence-electron chi connectivity index (χ3n) is 3.74. The van der Waals surface area contributed by atoms with Crippen molar-refractivity contribution >= 4 is 5.91 Å². The van der Waals surface area contributed by atoms with Gasteiger partial charge in [-0.2, -0.15) is 0 Å². The molecule has 7 nitrogen and oxygen atoms in total. The highest BCUT2D eigenvalue weighted by atomic mass is 19.1. The minimum atomic E-state index is -0.985. The number of aliphatic hydroxyl groups is 1. The Morgan fingerprint density at radius 3 is 2.84 bits per heavy atom. The number of benzene rings is 2. The lowest BCUT2D eigenvalue weighted by Crippen LogP contribution is -2.28. The fourth-order valence-electron chi connectivity index (χ4n) is 2.45. The molecule has 1 unspecified atom stereocenters. The number of aryl methyl sites for hydroxylation is 1. The predicted molar refractivity (Wildman–Crippen MR) is 87.6 cm³/mol. The maximum Gasteiger partial charge on any atom is 0.251 e. The summed E-state index contributed by atoms with van der Waals surface area (Å²) in [5.74, 6) is -0.765. The molecule has 0 radical (unpaired) electrons. The Bertz CT molecular complexity index is 883. The zero-order valence-corrected chi connectivity index (χ0v) is 13.4. The van der Waals surface area contributed by atoms with Crippen molar-refractivity contribution in [2.75, 3.05) is 6.54 Å². The molecular weight excluding hydrogens is 325 g/mol. The van der Waals surface area contributed by atoms with Crippen LogP contribution in [0.5, 0.6) is 0 Å². The monoisotopic (exact) mass is 341 g/mol. The van der Waals surface area contributed by atoms with E-state index < -0.39 is 11.9 Å². The number of nitrogens with one attached hydrogen (secondary N) is 1. The van der Waals surface area contributed by atoms with Gasteiger partial charge in [0.25, 0.3) is 5.91 Å². The van der Waals surface area contributed by atoms with Crippen molar-refractivity contribution in [2.45, 2.75) is 13.0 Å². The summed E-state index contributed by atoms with van der Waals surface area (Å²) in [6.45, 7) is 1.82. The molecule has 0 saturated carbocycles. The molecule has 3 aromatic rings. The number of carbonyl (C=O) groups excluding carboxylic acids is 1. The summed E-state index contributed by atoms with van der Waals surface area (Å²) in [5.41, 5.74) is 2.44. The lowest BCUT2D eigenvalue weighted by Gasteiger charge is -2.13. The minimum Gasteiger partial charge on any atom is -0.387 e. The van der Waals surface area contributed by atoms with Gasteiger partial charge in [-0.15, -0.1) is 5.10 Å². The molecule has 0 aliphatic rings. The SMILES string of the molecule is Cc1cc(C(=O)NCC(O)c2cccc(F)c2)ccc1-n1cnnn1. The predicted octanol–water partition coefficient (Wildman–Crippen LogP) is 1.57. The van der Waals surface area contributed by atoms with Gasteiger partial charge < -0.3 is 10.4 Å². The van der Waals surface area contributed by atoms with Crippen molar-refractivity contribution in [3.8, 4) is 5.69 Å². The van der Waals surface area contributed by atoms with E-state index >= 15 is 0 Å². The highest BCUT2D eigenvalue weighted by Crippen LogP contribution is 2.16. The number of tetrazole rings is 1. The van der Waals surface area contributed by atoms with Crippen molar-refractivity contribution in [1.29, 1.82) is 0 Å². The van der Waals surface area contributed by atoms with E-state index in [1.807, 2.05) is 6.92 Å². The zero-order valence-electron chi connectivity index (χ0n) is 13.4. The van der Waals surface area contributed by atoms with Crippen LogP contribution in [0.25, 0.3) is 5.69 Å². The summed E-state index contributed by atoms with van der Waals surface area (Å²) in [6.07, 6.45) is 0.485. The highest BCUT2D eigenvalue weighted by molar-refractivity contribution is 5.94. The summed E-state index contributed by atoms with van der Waals surface area (Å²) >= 11 is 0. The first-order valence-electron chi connectivity index (χ1n) is 7.60. The standard InChI is InChI=1S/C17H16FN5O2/c1-11-7-13(5-6-15(11)23-10-20-21-22-23)17(25)19-9-16(24)12-3-2-4-14(18)8-12/h2-8,10,16,24H,9H2,1H3,(H,19,25).